The average Bonchev–Trinajstić information content (AvgIpc) is 3.44. The molecule has 5 atom stereocenters. The molecule has 0 bridgehead atoms. The normalized spacial score (nSPS) is 30.5. The first kappa shape index (κ1) is 25.3. The molecular weight excluding hydrogens is 466 g/mol. The fourth-order valence-corrected chi connectivity index (χ4v) is 5.33. The Morgan fingerprint density at radius 3 is 2.81 bits per heavy atom. The molecule has 36 heavy (non-hydrogen) atoms. The standard InChI is InChI=1S/C25H37N5O6/c1-24(2,3)34-18(31)7-6-15-13-32-11-10-29(15)12-17-19-20(36-25(4,5)35-19)23(33-17)30-9-8-16-21(26)27-14-28-22(16)30/h8-9,14-15,17,19-20,23H,6-7,10-13H2,1-5H3,(H2,26,27,28)/t15-,17+,19+,20+,23+/m0/s1. The summed E-state index contributed by atoms with van der Waals surface area (Å²) >= 11 is 0. The Balaban J connectivity index is 1.32. The van der Waals surface area contributed by atoms with Gasteiger partial charge in [0, 0.05) is 31.7 Å². The Hall–Kier alpha value is -2.31. The number of nitrogens with two attached hydrogens (primary N) is 1. The number of esters is 1. The smallest absolute Gasteiger partial charge is 0.306 e. The van der Waals surface area contributed by atoms with Crippen molar-refractivity contribution >= 4 is 22.8 Å². The van der Waals surface area contributed by atoms with E-state index >= 15 is 0 Å². The van der Waals surface area contributed by atoms with E-state index in [9.17, 15) is 4.79 Å². The quantitative estimate of drug-likeness (QED) is 0.587. The summed E-state index contributed by atoms with van der Waals surface area (Å²) in [5.41, 5.74) is 6.26. The third kappa shape index (κ3) is 5.21. The molecule has 11 heteroatoms. The number of carbonyl (C=O) groups is 1. The number of hydrogen-bond donors (Lipinski definition) is 1. The first-order valence-corrected chi connectivity index (χ1v) is 12.6. The molecule has 3 aliphatic heterocycles. The number of ether oxygens (including phenoxy) is 5. The fraction of sp³-hybridized carbons (Fsp3) is 0.720. The molecule has 3 fully saturated rings. The van der Waals surface area contributed by atoms with Gasteiger partial charge in [0.2, 0.25) is 0 Å². The molecule has 5 rings (SSSR count). The van der Waals surface area contributed by atoms with Gasteiger partial charge in [-0.15, -0.1) is 0 Å². The zero-order chi connectivity index (χ0) is 25.7. The molecule has 3 saturated heterocycles. The number of aromatic nitrogens is 3. The molecule has 2 aromatic rings. The van der Waals surface area contributed by atoms with Crippen molar-refractivity contribution in [1.82, 2.24) is 19.4 Å². The highest BCUT2D eigenvalue weighted by Gasteiger charge is 2.56. The van der Waals surface area contributed by atoms with Crippen LogP contribution in [0.1, 0.15) is 53.7 Å². The second-order valence-electron chi connectivity index (χ2n) is 11.2. The van der Waals surface area contributed by atoms with Crippen molar-refractivity contribution in [1.29, 1.82) is 0 Å². The van der Waals surface area contributed by atoms with Crippen molar-refractivity contribution in [3.8, 4) is 0 Å². The molecule has 5 heterocycles. The molecule has 2 aromatic heterocycles. The van der Waals surface area contributed by atoms with E-state index in [-0.39, 0.29) is 30.3 Å². The van der Waals surface area contributed by atoms with Gasteiger partial charge in [-0.2, -0.15) is 0 Å². The van der Waals surface area contributed by atoms with Crippen molar-refractivity contribution in [2.45, 2.75) is 89.4 Å². The van der Waals surface area contributed by atoms with E-state index in [0.29, 0.717) is 44.1 Å². The molecule has 0 unspecified atom stereocenters. The zero-order valence-corrected chi connectivity index (χ0v) is 21.7. The first-order valence-electron chi connectivity index (χ1n) is 12.6. The van der Waals surface area contributed by atoms with Gasteiger partial charge in [-0.1, -0.05) is 0 Å². The number of nitrogen functional groups attached to an aromatic ring is 1. The number of carbonyl (C=O) groups excluding carboxylic acids is 1. The SMILES string of the molecule is CC(C)(C)OC(=O)CC[C@H]1COCCN1C[C@H]1O[C@@H](n2ccc3c(N)ncnc32)[C@@H]2OC(C)(C)O[C@@H]21. The molecule has 11 nitrogen and oxygen atoms in total. The molecular formula is C25H37N5O6. The van der Waals surface area contributed by atoms with Gasteiger partial charge in [-0.3, -0.25) is 9.69 Å². The molecule has 0 amide bonds. The number of rotatable bonds is 6. The van der Waals surface area contributed by atoms with Crippen LogP contribution in [0.2, 0.25) is 0 Å². The summed E-state index contributed by atoms with van der Waals surface area (Å²) in [4.78, 5) is 23.2. The molecule has 3 aliphatic rings. The molecule has 0 saturated carbocycles. The van der Waals surface area contributed by atoms with Crippen LogP contribution in [0.25, 0.3) is 11.0 Å². The topological polar surface area (TPSA) is 123 Å². The van der Waals surface area contributed by atoms with E-state index in [1.54, 1.807) is 0 Å². The van der Waals surface area contributed by atoms with E-state index < -0.39 is 17.6 Å². The summed E-state index contributed by atoms with van der Waals surface area (Å²) in [6.45, 7) is 12.1. The van der Waals surface area contributed by atoms with Gasteiger partial charge in [0.25, 0.3) is 0 Å². The Bertz CT molecular complexity index is 1100. The monoisotopic (exact) mass is 503 g/mol. The third-order valence-corrected chi connectivity index (χ3v) is 6.81. The molecule has 0 aliphatic carbocycles. The van der Waals surface area contributed by atoms with Crippen LogP contribution in [-0.4, -0.2) is 87.4 Å². The maximum Gasteiger partial charge on any atom is 0.306 e. The van der Waals surface area contributed by atoms with E-state index in [0.717, 1.165) is 11.9 Å². The summed E-state index contributed by atoms with van der Waals surface area (Å²) in [6, 6.07) is 1.98. The van der Waals surface area contributed by atoms with E-state index in [1.807, 2.05) is 51.4 Å². The lowest BCUT2D eigenvalue weighted by Gasteiger charge is -2.37. The number of fused-ring (bicyclic) bond motifs is 2. The summed E-state index contributed by atoms with van der Waals surface area (Å²) in [7, 11) is 0. The second-order valence-corrected chi connectivity index (χ2v) is 11.2. The Kier molecular flexibility index (Phi) is 6.71. The maximum atomic E-state index is 12.3. The maximum absolute atomic E-state index is 12.3. The molecule has 0 aromatic carbocycles. The van der Waals surface area contributed by atoms with Crippen molar-refractivity contribution in [2.75, 3.05) is 32.0 Å². The highest BCUT2D eigenvalue weighted by molar-refractivity contribution is 5.86. The van der Waals surface area contributed by atoms with Crippen LogP contribution in [0.3, 0.4) is 0 Å². The number of morpholine rings is 1. The molecule has 2 N–H and O–H groups in total. The number of anilines is 1. The lowest BCUT2D eigenvalue weighted by atomic mass is 10.1. The molecule has 0 spiro atoms. The minimum atomic E-state index is -0.728. The summed E-state index contributed by atoms with van der Waals surface area (Å²) in [5, 5.41) is 0.773. The Morgan fingerprint density at radius 1 is 1.25 bits per heavy atom. The zero-order valence-electron chi connectivity index (χ0n) is 21.7. The highest BCUT2D eigenvalue weighted by atomic mass is 16.8. The van der Waals surface area contributed by atoms with Crippen LogP contribution >= 0.6 is 0 Å². The van der Waals surface area contributed by atoms with Gasteiger partial charge in [-0.05, 0) is 47.1 Å². The lowest BCUT2D eigenvalue weighted by molar-refractivity contribution is -0.199. The van der Waals surface area contributed by atoms with Crippen molar-refractivity contribution in [2.24, 2.45) is 0 Å². The summed E-state index contributed by atoms with van der Waals surface area (Å²) in [6.07, 6.45) is 3.14. The predicted molar refractivity (Wildman–Crippen MR) is 131 cm³/mol. The van der Waals surface area contributed by atoms with E-state index in [2.05, 4.69) is 14.9 Å². The number of nitrogens with zero attached hydrogens (tertiary/aromatic N) is 4. The third-order valence-electron chi connectivity index (χ3n) is 6.81. The minimum absolute atomic E-state index is 0.0858. The highest BCUT2D eigenvalue weighted by Crippen LogP contribution is 2.44. The largest absolute Gasteiger partial charge is 0.460 e. The van der Waals surface area contributed by atoms with E-state index in [1.165, 1.54) is 6.33 Å². The summed E-state index contributed by atoms with van der Waals surface area (Å²) in [5.74, 6) is -0.497. The second kappa shape index (κ2) is 9.53. The van der Waals surface area contributed by atoms with E-state index in [4.69, 9.17) is 29.4 Å². The Morgan fingerprint density at radius 2 is 2.03 bits per heavy atom. The lowest BCUT2D eigenvalue weighted by Crippen LogP contribution is -2.50. The van der Waals surface area contributed by atoms with Crippen molar-refractivity contribution < 1.29 is 28.5 Å². The van der Waals surface area contributed by atoms with Crippen LogP contribution in [0.4, 0.5) is 5.82 Å². The molecule has 198 valence electrons. The van der Waals surface area contributed by atoms with Crippen molar-refractivity contribution in [3.05, 3.63) is 18.6 Å². The van der Waals surface area contributed by atoms with Gasteiger partial charge in [0.05, 0.1) is 18.6 Å². The van der Waals surface area contributed by atoms with Crippen LogP contribution < -0.4 is 5.73 Å². The molecule has 0 radical (unpaired) electrons. The summed E-state index contributed by atoms with van der Waals surface area (Å²) < 4.78 is 32.4. The fourth-order valence-electron chi connectivity index (χ4n) is 5.33. The van der Waals surface area contributed by atoms with Gasteiger partial charge >= 0.3 is 5.97 Å². The van der Waals surface area contributed by atoms with Crippen LogP contribution in [0.5, 0.6) is 0 Å². The predicted octanol–water partition coefficient (Wildman–Crippen LogP) is 2.25. The number of hydrogen-bond acceptors (Lipinski definition) is 10. The van der Waals surface area contributed by atoms with Crippen LogP contribution in [0, 0.1) is 0 Å². The van der Waals surface area contributed by atoms with Gasteiger partial charge in [-0.25, -0.2) is 9.97 Å². The van der Waals surface area contributed by atoms with Crippen LogP contribution in [-0.2, 0) is 28.5 Å². The van der Waals surface area contributed by atoms with Gasteiger partial charge in [0.1, 0.15) is 41.7 Å². The van der Waals surface area contributed by atoms with Crippen molar-refractivity contribution in [3.63, 3.8) is 0 Å². The van der Waals surface area contributed by atoms with Gasteiger partial charge < -0.3 is 34.0 Å². The Labute approximate surface area is 211 Å². The first-order chi connectivity index (χ1) is 17.0. The average molecular weight is 504 g/mol. The minimum Gasteiger partial charge on any atom is -0.460 e. The van der Waals surface area contributed by atoms with Gasteiger partial charge in [0.15, 0.2) is 12.0 Å². The van der Waals surface area contributed by atoms with Crippen LogP contribution in [0.15, 0.2) is 18.6 Å².